The molecule has 0 saturated heterocycles. The zero-order valence-corrected chi connectivity index (χ0v) is 8.16. The lowest BCUT2D eigenvalue weighted by molar-refractivity contribution is 0.129. The molecular weight excluding hydrogens is 164 g/mol. The first-order valence-electron chi connectivity index (χ1n) is 4.63. The van der Waals surface area contributed by atoms with Crippen molar-refractivity contribution in [2.75, 3.05) is 6.61 Å². The molecule has 0 spiro atoms. The molecule has 1 unspecified atom stereocenters. The maximum atomic E-state index is 8.83. The van der Waals surface area contributed by atoms with E-state index in [9.17, 15) is 0 Å². The van der Waals surface area contributed by atoms with E-state index in [0.29, 0.717) is 0 Å². The van der Waals surface area contributed by atoms with Gasteiger partial charge in [-0.2, -0.15) is 0 Å². The zero-order valence-electron chi connectivity index (χ0n) is 8.16. The van der Waals surface area contributed by atoms with E-state index < -0.39 is 0 Å². The molecule has 0 aromatic heterocycles. The minimum atomic E-state index is -0.132. The Kier molecular flexibility index (Phi) is 3.77. The van der Waals surface area contributed by atoms with Crippen LogP contribution in [0.25, 0.3) is 0 Å². The van der Waals surface area contributed by atoms with Crippen molar-refractivity contribution in [3.05, 3.63) is 29.8 Å². The summed E-state index contributed by atoms with van der Waals surface area (Å²) in [6.07, 6.45) is 0.821. The molecule has 0 saturated carbocycles. The van der Waals surface area contributed by atoms with Crippen molar-refractivity contribution < 1.29 is 9.84 Å². The van der Waals surface area contributed by atoms with Gasteiger partial charge < -0.3 is 9.84 Å². The van der Waals surface area contributed by atoms with Crippen LogP contribution in [-0.2, 0) is 6.42 Å². The van der Waals surface area contributed by atoms with Gasteiger partial charge >= 0.3 is 0 Å². The van der Waals surface area contributed by atoms with Crippen LogP contribution >= 0.6 is 0 Å². The molecule has 0 heterocycles. The molecule has 0 bridgehead atoms. The number of para-hydroxylation sites is 1. The van der Waals surface area contributed by atoms with Gasteiger partial charge in [0.15, 0.2) is 0 Å². The Morgan fingerprint density at radius 1 is 1.38 bits per heavy atom. The Hall–Kier alpha value is -1.02. The van der Waals surface area contributed by atoms with Gasteiger partial charge in [0.1, 0.15) is 11.9 Å². The molecule has 0 fully saturated rings. The molecular formula is C11H16O2. The van der Waals surface area contributed by atoms with Crippen LogP contribution < -0.4 is 4.74 Å². The molecule has 1 aromatic carbocycles. The van der Waals surface area contributed by atoms with Gasteiger partial charge in [-0.3, -0.25) is 0 Å². The molecule has 1 N–H and O–H groups in total. The van der Waals surface area contributed by atoms with Gasteiger partial charge in [-0.05, 0) is 25.0 Å². The summed E-state index contributed by atoms with van der Waals surface area (Å²) in [5.41, 5.74) is 1.18. The van der Waals surface area contributed by atoms with Gasteiger partial charge in [-0.15, -0.1) is 0 Å². The molecule has 2 nitrogen and oxygen atoms in total. The monoisotopic (exact) mass is 180 g/mol. The first kappa shape index (κ1) is 10.1. The van der Waals surface area contributed by atoms with E-state index in [1.54, 1.807) is 0 Å². The molecule has 0 aliphatic heterocycles. The van der Waals surface area contributed by atoms with Crippen molar-refractivity contribution in [2.24, 2.45) is 0 Å². The third kappa shape index (κ3) is 2.74. The predicted octanol–water partition coefficient (Wildman–Crippen LogP) is 2.01. The number of aryl methyl sites for hydroxylation is 1. The fourth-order valence-corrected chi connectivity index (χ4v) is 1.16. The summed E-state index contributed by atoms with van der Waals surface area (Å²) in [7, 11) is 0. The highest BCUT2D eigenvalue weighted by Crippen LogP contribution is 2.19. The largest absolute Gasteiger partial charge is 0.488 e. The molecule has 72 valence electrons. The van der Waals surface area contributed by atoms with E-state index in [-0.39, 0.29) is 12.7 Å². The third-order valence-corrected chi connectivity index (χ3v) is 1.94. The normalized spacial score (nSPS) is 12.5. The van der Waals surface area contributed by atoms with Gasteiger partial charge in [0.2, 0.25) is 0 Å². The first-order valence-corrected chi connectivity index (χ1v) is 4.63. The fraction of sp³-hybridized carbons (Fsp3) is 0.455. The van der Waals surface area contributed by atoms with E-state index in [4.69, 9.17) is 9.84 Å². The van der Waals surface area contributed by atoms with Crippen LogP contribution in [0.2, 0.25) is 0 Å². The van der Waals surface area contributed by atoms with Crippen molar-refractivity contribution in [3.63, 3.8) is 0 Å². The lowest BCUT2D eigenvalue weighted by Crippen LogP contribution is -2.16. The van der Waals surface area contributed by atoms with Gasteiger partial charge in [-0.25, -0.2) is 0 Å². The lowest BCUT2D eigenvalue weighted by atomic mass is 10.1. The summed E-state index contributed by atoms with van der Waals surface area (Å²) in [6, 6.07) is 7.91. The van der Waals surface area contributed by atoms with Gasteiger partial charge in [0, 0.05) is 0 Å². The molecule has 0 aliphatic carbocycles. The average Bonchev–Trinajstić information content (AvgIpc) is 2.18. The van der Waals surface area contributed by atoms with Crippen molar-refractivity contribution in [1.29, 1.82) is 0 Å². The Balaban J connectivity index is 2.74. The van der Waals surface area contributed by atoms with Crippen molar-refractivity contribution >= 4 is 0 Å². The second-order valence-electron chi connectivity index (χ2n) is 3.07. The SMILES string of the molecule is CCc1ccccc1OC(C)CO. The summed E-state index contributed by atoms with van der Waals surface area (Å²) in [6.45, 7) is 4.00. The Bertz CT molecular complexity index is 258. The molecule has 1 aromatic rings. The number of benzene rings is 1. The molecule has 0 aliphatic rings. The topological polar surface area (TPSA) is 29.5 Å². The van der Waals surface area contributed by atoms with Crippen LogP contribution in [0.1, 0.15) is 19.4 Å². The van der Waals surface area contributed by atoms with Crippen LogP contribution in [0.5, 0.6) is 5.75 Å². The lowest BCUT2D eigenvalue weighted by Gasteiger charge is -2.14. The minimum Gasteiger partial charge on any atom is -0.488 e. The second kappa shape index (κ2) is 4.87. The maximum absolute atomic E-state index is 8.83. The average molecular weight is 180 g/mol. The number of aliphatic hydroxyl groups excluding tert-OH is 1. The zero-order chi connectivity index (χ0) is 9.68. The van der Waals surface area contributed by atoms with E-state index in [2.05, 4.69) is 6.92 Å². The van der Waals surface area contributed by atoms with Crippen LogP contribution in [0.3, 0.4) is 0 Å². The Morgan fingerprint density at radius 3 is 2.69 bits per heavy atom. The number of hydrogen-bond acceptors (Lipinski definition) is 2. The summed E-state index contributed by atoms with van der Waals surface area (Å²) in [5.74, 6) is 0.881. The summed E-state index contributed by atoms with van der Waals surface area (Å²) < 4.78 is 5.54. The van der Waals surface area contributed by atoms with Gasteiger partial charge in [0.05, 0.1) is 6.61 Å². The maximum Gasteiger partial charge on any atom is 0.123 e. The number of aliphatic hydroxyl groups is 1. The molecule has 13 heavy (non-hydrogen) atoms. The first-order chi connectivity index (χ1) is 6.27. The third-order valence-electron chi connectivity index (χ3n) is 1.94. The molecule has 0 radical (unpaired) electrons. The molecule has 1 rings (SSSR count). The van der Waals surface area contributed by atoms with Crippen LogP contribution in [0.15, 0.2) is 24.3 Å². The highest BCUT2D eigenvalue weighted by Gasteiger charge is 2.04. The minimum absolute atomic E-state index is 0.0536. The predicted molar refractivity (Wildman–Crippen MR) is 53.0 cm³/mol. The molecule has 0 amide bonds. The van der Waals surface area contributed by atoms with Crippen molar-refractivity contribution in [3.8, 4) is 5.75 Å². The quantitative estimate of drug-likeness (QED) is 0.768. The highest BCUT2D eigenvalue weighted by molar-refractivity contribution is 5.33. The number of rotatable bonds is 4. The standard InChI is InChI=1S/C11H16O2/c1-3-10-6-4-5-7-11(10)13-9(2)8-12/h4-7,9,12H,3,8H2,1-2H3. The van der Waals surface area contributed by atoms with E-state index >= 15 is 0 Å². The summed E-state index contributed by atoms with van der Waals surface area (Å²) in [5, 5.41) is 8.83. The van der Waals surface area contributed by atoms with Gasteiger partial charge in [0.25, 0.3) is 0 Å². The highest BCUT2D eigenvalue weighted by atomic mass is 16.5. The van der Waals surface area contributed by atoms with Crippen LogP contribution in [0.4, 0.5) is 0 Å². The summed E-state index contributed by atoms with van der Waals surface area (Å²) in [4.78, 5) is 0. The summed E-state index contributed by atoms with van der Waals surface area (Å²) >= 11 is 0. The van der Waals surface area contributed by atoms with Gasteiger partial charge in [-0.1, -0.05) is 25.1 Å². The molecule has 1 atom stereocenters. The fourth-order valence-electron chi connectivity index (χ4n) is 1.16. The Morgan fingerprint density at radius 2 is 2.08 bits per heavy atom. The van der Waals surface area contributed by atoms with Crippen molar-refractivity contribution in [1.82, 2.24) is 0 Å². The number of hydrogen-bond donors (Lipinski definition) is 1. The van der Waals surface area contributed by atoms with Crippen LogP contribution in [0, 0.1) is 0 Å². The Labute approximate surface area is 79.2 Å². The second-order valence-corrected chi connectivity index (χ2v) is 3.07. The van der Waals surface area contributed by atoms with Crippen LogP contribution in [-0.4, -0.2) is 17.8 Å². The van der Waals surface area contributed by atoms with E-state index in [1.807, 2.05) is 31.2 Å². The molecule has 2 heteroatoms. The van der Waals surface area contributed by atoms with E-state index in [1.165, 1.54) is 5.56 Å². The number of ether oxygens (including phenoxy) is 1. The van der Waals surface area contributed by atoms with E-state index in [0.717, 1.165) is 12.2 Å². The van der Waals surface area contributed by atoms with Crippen molar-refractivity contribution in [2.45, 2.75) is 26.4 Å². The smallest absolute Gasteiger partial charge is 0.123 e.